The number of nitrogens with one attached hydrogen (secondary N) is 1. The first-order valence-corrected chi connectivity index (χ1v) is 9.19. The largest absolute Gasteiger partial charge is 0.376 e. The molecule has 1 aliphatic rings. The van der Waals surface area contributed by atoms with Crippen LogP contribution in [-0.4, -0.2) is 22.7 Å². The topological polar surface area (TPSA) is 47.0 Å². The first-order chi connectivity index (χ1) is 11.7. The Hall–Kier alpha value is -1.98. The van der Waals surface area contributed by atoms with Crippen LogP contribution in [0.4, 0.5) is 5.82 Å². The minimum absolute atomic E-state index is 0.103. The summed E-state index contributed by atoms with van der Waals surface area (Å²) in [6, 6.07) is 10.6. The van der Waals surface area contributed by atoms with Crippen LogP contribution in [0.25, 0.3) is 10.2 Å². The second-order valence-corrected chi connectivity index (χ2v) is 7.47. The molecule has 0 radical (unpaired) electrons. The van der Waals surface area contributed by atoms with Gasteiger partial charge in [-0.25, -0.2) is 9.97 Å². The summed E-state index contributed by atoms with van der Waals surface area (Å²) in [5.74, 6) is 0.909. The quantitative estimate of drug-likeness (QED) is 0.752. The zero-order valence-corrected chi connectivity index (χ0v) is 14.8. The van der Waals surface area contributed by atoms with Gasteiger partial charge in [-0.1, -0.05) is 30.3 Å². The van der Waals surface area contributed by atoms with Crippen molar-refractivity contribution in [3.8, 4) is 0 Å². The number of aromatic nitrogens is 2. The fourth-order valence-electron chi connectivity index (χ4n) is 3.36. The summed E-state index contributed by atoms with van der Waals surface area (Å²) in [5, 5.41) is 4.80. The Morgan fingerprint density at radius 2 is 2.04 bits per heavy atom. The van der Waals surface area contributed by atoms with E-state index in [1.165, 1.54) is 16.0 Å². The normalized spacial score (nSPS) is 18.8. The highest BCUT2D eigenvalue weighted by Crippen LogP contribution is 2.36. The first-order valence-electron chi connectivity index (χ1n) is 8.38. The molecule has 0 aliphatic carbocycles. The number of ether oxygens (including phenoxy) is 1. The van der Waals surface area contributed by atoms with E-state index in [1.54, 1.807) is 17.7 Å². The van der Waals surface area contributed by atoms with Gasteiger partial charge in [0.1, 0.15) is 17.0 Å². The number of aryl methyl sites for hydroxylation is 2. The van der Waals surface area contributed by atoms with Gasteiger partial charge in [0.2, 0.25) is 0 Å². The van der Waals surface area contributed by atoms with E-state index in [9.17, 15) is 0 Å². The molecule has 1 aromatic carbocycles. The van der Waals surface area contributed by atoms with E-state index in [4.69, 9.17) is 4.74 Å². The summed E-state index contributed by atoms with van der Waals surface area (Å²) in [5.41, 5.74) is 2.50. The van der Waals surface area contributed by atoms with Crippen LogP contribution < -0.4 is 5.32 Å². The van der Waals surface area contributed by atoms with Crippen molar-refractivity contribution in [2.45, 2.75) is 38.8 Å². The maximum absolute atomic E-state index is 5.99. The molecule has 3 heterocycles. The maximum atomic E-state index is 5.99. The number of thiophene rings is 1. The summed E-state index contributed by atoms with van der Waals surface area (Å²) in [7, 11) is 0. The molecule has 2 unspecified atom stereocenters. The minimum Gasteiger partial charge on any atom is -0.376 e. The third-order valence-electron chi connectivity index (χ3n) is 4.75. The van der Waals surface area contributed by atoms with Crippen LogP contribution in [0.1, 0.15) is 34.9 Å². The molecule has 1 aliphatic heterocycles. The Kier molecular flexibility index (Phi) is 4.21. The summed E-state index contributed by atoms with van der Waals surface area (Å²) in [4.78, 5) is 11.3. The van der Waals surface area contributed by atoms with Gasteiger partial charge in [-0.3, -0.25) is 0 Å². The SMILES string of the molecule is Cc1sc2ncnc(NC(c3ccccc3)C3CCCO3)c2c1C. The molecule has 3 aromatic rings. The summed E-state index contributed by atoms with van der Waals surface area (Å²) in [6.45, 7) is 5.12. The van der Waals surface area contributed by atoms with Crippen molar-refractivity contribution < 1.29 is 4.74 Å². The van der Waals surface area contributed by atoms with Gasteiger partial charge in [0, 0.05) is 11.5 Å². The van der Waals surface area contributed by atoms with Gasteiger partial charge in [0.05, 0.1) is 17.5 Å². The number of nitrogens with zero attached hydrogens (tertiary/aromatic N) is 2. The Morgan fingerprint density at radius 3 is 2.79 bits per heavy atom. The van der Waals surface area contributed by atoms with Crippen LogP contribution >= 0.6 is 11.3 Å². The molecule has 0 spiro atoms. The van der Waals surface area contributed by atoms with Crippen LogP contribution in [-0.2, 0) is 4.74 Å². The van der Waals surface area contributed by atoms with Crippen LogP contribution in [0.3, 0.4) is 0 Å². The molecule has 2 atom stereocenters. The highest BCUT2D eigenvalue weighted by atomic mass is 32.1. The average Bonchev–Trinajstić information content (AvgIpc) is 3.23. The molecule has 24 heavy (non-hydrogen) atoms. The van der Waals surface area contributed by atoms with Crippen molar-refractivity contribution in [1.29, 1.82) is 0 Å². The van der Waals surface area contributed by atoms with Gasteiger partial charge in [0.25, 0.3) is 0 Å². The maximum Gasteiger partial charge on any atom is 0.139 e. The van der Waals surface area contributed by atoms with Crippen LogP contribution in [0, 0.1) is 13.8 Å². The molecular formula is C19H21N3OS. The standard InChI is InChI=1S/C19H21N3OS/c1-12-13(2)24-19-16(12)18(20-11-21-19)22-17(15-9-6-10-23-15)14-7-4-3-5-8-14/h3-5,7-8,11,15,17H,6,9-10H2,1-2H3,(H,20,21,22). The zero-order chi connectivity index (χ0) is 16.5. The molecule has 1 saturated heterocycles. The van der Waals surface area contributed by atoms with E-state index in [0.29, 0.717) is 0 Å². The number of fused-ring (bicyclic) bond motifs is 1. The van der Waals surface area contributed by atoms with E-state index < -0.39 is 0 Å². The fourth-order valence-corrected chi connectivity index (χ4v) is 4.35. The van der Waals surface area contributed by atoms with E-state index in [1.807, 2.05) is 6.07 Å². The molecule has 124 valence electrons. The van der Waals surface area contributed by atoms with Crippen LogP contribution in [0.2, 0.25) is 0 Å². The second-order valence-electron chi connectivity index (χ2n) is 6.27. The van der Waals surface area contributed by atoms with Gasteiger partial charge in [0.15, 0.2) is 0 Å². The highest BCUT2D eigenvalue weighted by molar-refractivity contribution is 7.18. The van der Waals surface area contributed by atoms with E-state index in [2.05, 4.69) is 53.4 Å². The molecule has 0 amide bonds. The predicted molar refractivity (Wildman–Crippen MR) is 98.7 cm³/mol. The summed E-state index contributed by atoms with van der Waals surface area (Å²) < 4.78 is 5.99. The summed E-state index contributed by atoms with van der Waals surface area (Å²) in [6.07, 6.45) is 4.02. The lowest BCUT2D eigenvalue weighted by molar-refractivity contribution is 0.0953. The van der Waals surface area contributed by atoms with Crippen molar-refractivity contribution >= 4 is 27.4 Å². The number of rotatable bonds is 4. The number of hydrogen-bond donors (Lipinski definition) is 1. The highest BCUT2D eigenvalue weighted by Gasteiger charge is 2.28. The molecular weight excluding hydrogens is 318 g/mol. The van der Waals surface area contributed by atoms with Gasteiger partial charge >= 0.3 is 0 Å². The Morgan fingerprint density at radius 1 is 1.21 bits per heavy atom. The van der Waals surface area contributed by atoms with Crippen molar-refractivity contribution in [1.82, 2.24) is 9.97 Å². The van der Waals surface area contributed by atoms with Gasteiger partial charge in [-0.2, -0.15) is 0 Å². The van der Waals surface area contributed by atoms with Crippen molar-refractivity contribution in [3.05, 3.63) is 52.7 Å². The minimum atomic E-state index is 0.103. The lowest BCUT2D eigenvalue weighted by Gasteiger charge is -2.25. The lowest BCUT2D eigenvalue weighted by Crippen LogP contribution is -2.25. The fraction of sp³-hybridized carbons (Fsp3) is 0.368. The van der Waals surface area contributed by atoms with Gasteiger partial charge in [-0.15, -0.1) is 11.3 Å². The Labute approximate surface area is 145 Å². The van der Waals surface area contributed by atoms with E-state index >= 15 is 0 Å². The number of anilines is 1. The van der Waals surface area contributed by atoms with E-state index in [-0.39, 0.29) is 12.1 Å². The molecule has 2 aromatic heterocycles. The Bertz CT molecular complexity index is 840. The Balaban J connectivity index is 1.75. The van der Waals surface area contributed by atoms with Crippen LogP contribution in [0.5, 0.6) is 0 Å². The van der Waals surface area contributed by atoms with Crippen molar-refractivity contribution in [2.24, 2.45) is 0 Å². The number of benzene rings is 1. The monoisotopic (exact) mass is 339 g/mol. The average molecular weight is 339 g/mol. The zero-order valence-electron chi connectivity index (χ0n) is 14.0. The molecule has 1 N–H and O–H groups in total. The first kappa shape index (κ1) is 15.5. The predicted octanol–water partition coefficient (Wildman–Crippen LogP) is 4.64. The second kappa shape index (κ2) is 6.49. The van der Waals surface area contributed by atoms with E-state index in [0.717, 1.165) is 35.5 Å². The lowest BCUT2D eigenvalue weighted by atomic mass is 9.99. The van der Waals surface area contributed by atoms with Crippen LogP contribution in [0.15, 0.2) is 36.7 Å². The molecule has 5 heteroatoms. The van der Waals surface area contributed by atoms with Crippen molar-refractivity contribution in [2.75, 3.05) is 11.9 Å². The molecule has 1 fully saturated rings. The molecule has 4 rings (SSSR count). The third kappa shape index (κ3) is 2.78. The molecule has 4 nitrogen and oxygen atoms in total. The van der Waals surface area contributed by atoms with Crippen molar-refractivity contribution in [3.63, 3.8) is 0 Å². The smallest absolute Gasteiger partial charge is 0.139 e. The molecule has 0 saturated carbocycles. The van der Waals surface area contributed by atoms with Gasteiger partial charge in [-0.05, 0) is 37.8 Å². The van der Waals surface area contributed by atoms with Gasteiger partial charge < -0.3 is 10.1 Å². The number of hydrogen-bond acceptors (Lipinski definition) is 5. The third-order valence-corrected chi connectivity index (χ3v) is 5.87. The molecule has 0 bridgehead atoms. The summed E-state index contributed by atoms with van der Waals surface area (Å²) >= 11 is 1.73.